The predicted octanol–water partition coefficient (Wildman–Crippen LogP) is 2.93. The van der Waals surface area contributed by atoms with Crippen LogP contribution in [0.4, 0.5) is 0 Å². The molecule has 0 aliphatic rings. The highest BCUT2D eigenvalue weighted by Crippen LogP contribution is 2.39. The van der Waals surface area contributed by atoms with Gasteiger partial charge < -0.3 is 19.9 Å². The van der Waals surface area contributed by atoms with Gasteiger partial charge in [0.25, 0.3) is 0 Å². The molecule has 1 aromatic rings. The van der Waals surface area contributed by atoms with E-state index in [1.165, 1.54) is 0 Å². The smallest absolute Gasteiger partial charge is 0.203 e. The molecule has 0 spiro atoms. The molecule has 0 aromatic heterocycles. The summed E-state index contributed by atoms with van der Waals surface area (Å²) in [5.41, 5.74) is 7.09. The Morgan fingerprint density at radius 3 is 1.89 bits per heavy atom. The standard InChI is InChI=1S/C13H21NO3.ClH/c1-5-6-10(14)9-7-11(15-2)13(17-4)12(8-9)16-3;/h7-8,10H,5-6,14H2,1-4H3;1H/t10-;/m1./s1. The minimum atomic E-state index is -0.00583. The van der Waals surface area contributed by atoms with Crippen LogP contribution in [0.3, 0.4) is 0 Å². The zero-order chi connectivity index (χ0) is 12.8. The number of nitrogens with two attached hydrogens (primary N) is 1. The van der Waals surface area contributed by atoms with E-state index >= 15 is 0 Å². The van der Waals surface area contributed by atoms with Crippen LogP contribution in [-0.4, -0.2) is 21.3 Å². The lowest BCUT2D eigenvalue weighted by Crippen LogP contribution is -2.10. The van der Waals surface area contributed by atoms with Gasteiger partial charge in [0.1, 0.15) is 0 Å². The minimum absolute atomic E-state index is 0. The van der Waals surface area contributed by atoms with Crippen molar-refractivity contribution in [1.29, 1.82) is 0 Å². The Hall–Kier alpha value is -1.13. The number of halogens is 1. The molecule has 1 atom stereocenters. The van der Waals surface area contributed by atoms with Crippen molar-refractivity contribution in [2.24, 2.45) is 5.73 Å². The first-order valence-corrected chi connectivity index (χ1v) is 5.73. The molecule has 0 fully saturated rings. The van der Waals surface area contributed by atoms with Gasteiger partial charge in [0.2, 0.25) is 5.75 Å². The third kappa shape index (κ3) is 3.68. The summed E-state index contributed by atoms with van der Waals surface area (Å²) in [5, 5.41) is 0. The van der Waals surface area contributed by atoms with Crippen LogP contribution in [0.5, 0.6) is 17.2 Å². The van der Waals surface area contributed by atoms with Crippen molar-refractivity contribution in [1.82, 2.24) is 0 Å². The Balaban J connectivity index is 0.00000289. The highest BCUT2D eigenvalue weighted by molar-refractivity contribution is 5.85. The van der Waals surface area contributed by atoms with Crippen molar-refractivity contribution in [3.05, 3.63) is 17.7 Å². The third-order valence-corrected chi connectivity index (χ3v) is 2.71. The molecule has 0 aliphatic heterocycles. The molecule has 2 N–H and O–H groups in total. The number of benzene rings is 1. The van der Waals surface area contributed by atoms with Gasteiger partial charge in [-0.3, -0.25) is 0 Å². The molecule has 0 aliphatic carbocycles. The number of methoxy groups -OCH3 is 3. The Morgan fingerprint density at radius 1 is 1.06 bits per heavy atom. The molecule has 0 unspecified atom stereocenters. The fourth-order valence-electron chi connectivity index (χ4n) is 1.79. The van der Waals surface area contributed by atoms with Gasteiger partial charge in [0.15, 0.2) is 11.5 Å². The summed E-state index contributed by atoms with van der Waals surface area (Å²) >= 11 is 0. The quantitative estimate of drug-likeness (QED) is 0.867. The summed E-state index contributed by atoms with van der Waals surface area (Å²) in [4.78, 5) is 0. The maximum atomic E-state index is 6.09. The number of ether oxygens (including phenoxy) is 3. The van der Waals surface area contributed by atoms with Gasteiger partial charge in [-0.15, -0.1) is 12.4 Å². The molecule has 5 heteroatoms. The van der Waals surface area contributed by atoms with Crippen LogP contribution in [0.25, 0.3) is 0 Å². The zero-order valence-corrected chi connectivity index (χ0v) is 12.2. The van der Waals surface area contributed by atoms with E-state index in [4.69, 9.17) is 19.9 Å². The third-order valence-electron chi connectivity index (χ3n) is 2.71. The summed E-state index contributed by atoms with van der Waals surface area (Å²) in [6.45, 7) is 2.11. The van der Waals surface area contributed by atoms with Crippen molar-refractivity contribution >= 4 is 12.4 Å². The summed E-state index contributed by atoms with van der Waals surface area (Å²) in [6, 6.07) is 3.80. The van der Waals surface area contributed by atoms with Crippen LogP contribution in [0.1, 0.15) is 31.4 Å². The van der Waals surface area contributed by atoms with Gasteiger partial charge in [-0.1, -0.05) is 13.3 Å². The second-order valence-electron chi connectivity index (χ2n) is 3.85. The lowest BCUT2D eigenvalue weighted by atomic mass is 10.0. The second-order valence-corrected chi connectivity index (χ2v) is 3.85. The van der Waals surface area contributed by atoms with Gasteiger partial charge in [-0.05, 0) is 24.1 Å². The molecular formula is C13H22ClNO3. The summed E-state index contributed by atoms with van der Waals surface area (Å²) < 4.78 is 15.8. The van der Waals surface area contributed by atoms with E-state index in [2.05, 4.69) is 6.92 Å². The van der Waals surface area contributed by atoms with Crippen LogP contribution < -0.4 is 19.9 Å². The van der Waals surface area contributed by atoms with Crippen LogP contribution in [0.15, 0.2) is 12.1 Å². The highest BCUT2D eigenvalue weighted by atomic mass is 35.5. The molecule has 1 aromatic carbocycles. The Kier molecular flexibility index (Phi) is 7.55. The summed E-state index contributed by atoms with van der Waals surface area (Å²) in [6.07, 6.45) is 1.97. The minimum Gasteiger partial charge on any atom is -0.493 e. The maximum absolute atomic E-state index is 6.09. The molecule has 0 saturated heterocycles. The molecule has 1 rings (SSSR count). The molecule has 104 valence electrons. The Morgan fingerprint density at radius 2 is 1.56 bits per heavy atom. The summed E-state index contributed by atoms with van der Waals surface area (Å²) in [7, 11) is 4.80. The largest absolute Gasteiger partial charge is 0.493 e. The van der Waals surface area contributed by atoms with Gasteiger partial charge in [-0.2, -0.15) is 0 Å². The zero-order valence-electron chi connectivity index (χ0n) is 11.4. The van der Waals surface area contributed by atoms with E-state index in [1.807, 2.05) is 12.1 Å². The fraction of sp³-hybridized carbons (Fsp3) is 0.538. The number of hydrogen-bond donors (Lipinski definition) is 1. The first kappa shape index (κ1) is 16.9. The van der Waals surface area contributed by atoms with E-state index in [9.17, 15) is 0 Å². The van der Waals surface area contributed by atoms with E-state index < -0.39 is 0 Å². The average Bonchev–Trinajstić information content (AvgIpc) is 2.37. The first-order valence-electron chi connectivity index (χ1n) is 5.73. The molecule has 4 nitrogen and oxygen atoms in total. The first-order chi connectivity index (χ1) is 8.17. The lowest BCUT2D eigenvalue weighted by molar-refractivity contribution is 0.323. The normalized spacial score (nSPS) is 11.4. The van der Waals surface area contributed by atoms with E-state index in [1.54, 1.807) is 21.3 Å². The van der Waals surface area contributed by atoms with Gasteiger partial charge in [0.05, 0.1) is 21.3 Å². The van der Waals surface area contributed by atoms with Crippen LogP contribution >= 0.6 is 12.4 Å². The van der Waals surface area contributed by atoms with Crippen molar-refractivity contribution in [2.45, 2.75) is 25.8 Å². The van der Waals surface area contributed by atoms with E-state index in [0.29, 0.717) is 17.2 Å². The van der Waals surface area contributed by atoms with E-state index in [0.717, 1.165) is 18.4 Å². The fourth-order valence-corrected chi connectivity index (χ4v) is 1.79. The molecule has 0 amide bonds. The number of rotatable bonds is 6. The molecular weight excluding hydrogens is 254 g/mol. The van der Waals surface area contributed by atoms with Crippen LogP contribution in [-0.2, 0) is 0 Å². The maximum Gasteiger partial charge on any atom is 0.203 e. The van der Waals surface area contributed by atoms with Crippen molar-refractivity contribution < 1.29 is 14.2 Å². The van der Waals surface area contributed by atoms with Crippen molar-refractivity contribution in [3.8, 4) is 17.2 Å². The molecule has 0 bridgehead atoms. The topological polar surface area (TPSA) is 53.7 Å². The predicted molar refractivity (Wildman–Crippen MR) is 75.2 cm³/mol. The van der Waals surface area contributed by atoms with Crippen LogP contribution in [0.2, 0.25) is 0 Å². The average molecular weight is 276 g/mol. The van der Waals surface area contributed by atoms with Gasteiger partial charge in [-0.25, -0.2) is 0 Å². The molecule has 0 radical (unpaired) electrons. The molecule has 0 saturated carbocycles. The monoisotopic (exact) mass is 275 g/mol. The highest BCUT2D eigenvalue weighted by Gasteiger charge is 2.15. The Bertz CT molecular complexity index is 346. The molecule has 18 heavy (non-hydrogen) atoms. The van der Waals surface area contributed by atoms with Crippen molar-refractivity contribution in [3.63, 3.8) is 0 Å². The van der Waals surface area contributed by atoms with Crippen LogP contribution in [0, 0.1) is 0 Å². The molecule has 0 heterocycles. The SMILES string of the molecule is CCC[C@@H](N)c1cc(OC)c(OC)c(OC)c1.Cl. The second kappa shape index (κ2) is 8.06. The summed E-state index contributed by atoms with van der Waals surface area (Å²) in [5.74, 6) is 1.89. The van der Waals surface area contributed by atoms with Crippen molar-refractivity contribution in [2.75, 3.05) is 21.3 Å². The van der Waals surface area contributed by atoms with E-state index in [-0.39, 0.29) is 18.4 Å². The lowest BCUT2D eigenvalue weighted by Gasteiger charge is -2.17. The van der Waals surface area contributed by atoms with Gasteiger partial charge >= 0.3 is 0 Å². The number of hydrogen-bond acceptors (Lipinski definition) is 4. The van der Waals surface area contributed by atoms with Gasteiger partial charge in [0, 0.05) is 6.04 Å². The Labute approximate surface area is 115 Å².